The molecule has 2 saturated heterocycles. The summed E-state index contributed by atoms with van der Waals surface area (Å²) >= 11 is 0. The fourth-order valence-electron chi connectivity index (χ4n) is 5.08. The molecule has 2 amide bonds. The van der Waals surface area contributed by atoms with Crippen LogP contribution in [0.1, 0.15) is 41.6 Å². The van der Waals surface area contributed by atoms with Crippen LogP contribution >= 0.6 is 0 Å². The molecule has 4 rings (SSSR count). The summed E-state index contributed by atoms with van der Waals surface area (Å²) in [5, 5.41) is 5.26. The molecule has 39 heavy (non-hydrogen) atoms. The Morgan fingerprint density at radius 1 is 0.949 bits per heavy atom. The monoisotopic (exact) mass is 566 g/mol. The van der Waals surface area contributed by atoms with Crippen LogP contribution < -0.4 is 10.6 Å². The lowest BCUT2D eigenvalue weighted by Crippen LogP contribution is -2.43. The van der Waals surface area contributed by atoms with Gasteiger partial charge in [-0.3, -0.25) is 9.59 Å². The molecule has 2 N–H and O–H groups in total. The first-order chi connectivity index (χ1) is 18.5. The third-order valence-corrected chi connectivity index (χ3v) is 9.22. The Kier molecular flexibility index (Phi) is 9.29. The molecule has 0 saturated carbocycles. The molecular formula is C27H33F3N4O4S. The molecule has 8 nitrogen and oxygen atoms in total. The molecule has 0 radical (unpaired) electrons. The van der Waals surface area contributed by atoms with Crippen molar-refractivity contribution < 1.29 is 31.2 Å². The highest BCUT2D eigenvalue weighted by Crippen LogP contribution is 2.29. The van der Waals surface area contributed by atoms with E-state index in [9.17, 15) is 31.2 Å². The van der Waals surface area contributed by atoms with E-state index in [0.717, 1.165) is 57.0 Å². The number of hydrogen-bond donors (Lipinski definition) is 2. The topological polar surface area (TPSA) is 98.8 Å². The highest BCUT2D eigenvalue weighted by Gasteiger charge is 2.32. The van der Waals surface area contributed by atoms with Gasteiger partial charge in [-0.2, -0.15) is 17.5 Å². The van der Waals surface area contributed by atoms with Crippen molar-refractivity contribution in [3.8, 4) is 0 Å². The van der Waals surface area contributed by atoms with E-state index in [0.29, 0.717) is 30.4 Å². The first-order valence-electron chi connectivity index (χ1n) is 13.0. The second kappa shape index (κ2) is 12.5. The van der Waals surface area contributed by atoms with E-state index in [1.54, 1.807) is 34.6 Å². The van der Waals surface area contributed by atoms with Gasteiger partial charge in [-0.05, 0) is 68.5 Å². The smallest absolute Gasteiger partial charge is 0.350 e. The number of likely N-dealkylation sites (tertiary alicyclic amines) is 1. The number of alkyl halides is 3. The average molecular weight is 567 g/mol. The fourth-order valence-corrected chi connectivity index (χ4v) is 6.57. The van der Waals surface area contributed by atoms with Crippen LogP contribution in [0.15, 0.2) is 59.5 Å². The highest BCUT2D eigenvalue weighted by molar-refractivity contribution is 7.89. The van der Waals surface area contributed by atoms with Crippen LogP contribution in [0.25, 0.3) is 0 Å². The van der Waals surface area contributed by atoms with Crippen LogP contribution in [0.4, 0.5) is 13.2 Å². The molecular weight excluding hydrogens is 533 g/mol. The van der Waals surface area contributed by atoms with E-state index in [1.165, 1.54) is 6.07 Å². The maximum atomic E-state index is 12.9. The molecule has 0 aliphatic carbocycles. The quantitative estimate of drug-likeness (QED) is 0.486. The molecule has 2 aromatic rings. The van der Waals surface area contributed by atoms with Crippen LogP contribution in [0.5, 0.6) is 0 Å². The summed E-state index contributed by atoms with van der Waals surface area (Å²) in [6.45, 7) is 3.04. The van der Waals surface area contributed by atoms with Crippen LogP contribution in [0.2, 0.25) is 0 Å². The summed E-state index contributed by atoms with van der Waals surface area (Å²) in [6.07, 6.45) is -1.21. The maximum Gasteiger partial charge on any atom is 0.416 e. The van der Waals surface area contributed by atoms with Crippen molar-refractivity contribution in [2.75, 3.05) is 39.3 Å². The number of sulfonamides is 1. The lowest BCUT2D eigenvalue weighted by Gasteiger charge is -2.32. The van der Waals surface area contributed by atoms with E-state index in [4.69, 9.17) is 0 Å². The van der Waals surface area contributed by atoms with E-state index in [2.05, 4.69) is 15.5 Å². The summed E-state index contributed by atoms with van der Waals surface area (Å²) in [5.41, 5.74) is -1.08. The van der Waals surface area contributed by atoms with Crippen LogP contribution in [0.3, 0.4) is 0 Å². The standard InChI is InChI=1S/C27H33F3N4O4S/c28-27(29,30)22-6-4-5-21(17-22)26(36)31-18-25(35)32-23-12-14-33(19-23)13-9-20-10-15-34(16-11-20)39(37,38)24-7-2-1-3-8-24/h1-8,17,20,23H,9-16,18-19H2,(H,31,36)(H,32,35)/t23-/m1/s1. The summed E-state index contributed by atoms with van der Waals surface area (Å²) in [5.74, 6) is -0.701. The van der Waals surface area contributed by atoms with Crippen molar-refractivity contribution in [3.63, 3.8) is 0 Å². The van der Waals surface area contributed by atoms with Crippen LogP contribution in [-0.2, 0) is 21.0 Å². The summed E-state index contributed by atoms with van der Waals surface area (Å²) in [7, 11) is -3.46. The molecule has 2 fully saturated rings. The predicted octanol–water partition coefficient (Wildman–Crippen LogP) is 3.12. The zero-order valence-electron chi connectivity index (χ0n) is 21.5. The van der Waals surface area contributed by atoms with Crippen molar-refractivity contribution >= 4 is 21.8 Å². The van der Waals surface area contributed by atoms with Gasteiger partial charge in [0.25, 0.3) is 5.91 Å². The second-order valence-electron chi connectivity index (χ2n) is 10.1. The summed E-state index contributed by atoms with van der Waals surface area (Å²) < 4.78 is 65.8. The molecule has 2 aliphatic heterocycles. The minimum Gasteiger partial charge on any atom is -0.350 e. The van der Waals surface area contributed by atoms with Gasteiger partial charge in [-0.15, -0.1) is 0 Å². The number of hydrogen-bond acceptors (Lipinski definition) is 5. The van der Waals surface area contributed by atoms with E-state index < -0.39 is 33.6 Å². The molecule has 12 heteroatoms. The highest BCUT2D eigenvalue weighted by atomic mass is 32.2. The van der Waals surface area contributed by atoms with Gasteiger partial charge < -0.3 is 15.5 Å². The number of piperidine rings is 1. The second-order valence-corrected chi connectivity index (χ2v) is 12.0. The zero-order chi connectivity index (χ0) is 28.0. The third-order valence-electron chi connectivity index (χ3n) is 7.31. The number of rotatable bonds is 9. The van der Waals surface area contributed by atoms with Gasteiger partial charge in [0.15, 0.2) is 0 Å². The lowest BCUT2D eigenvalue weighted by molar-refractivity contribution is -0.137. The SMILES string of the molecule is O=C(CNC(=O)c1cccc(C(F)(F)F)c1)N[C@@H]1CCN(CCC2CCN(S(=O)(=O)c3ccccc3)CC2)C1. The van der Waals surface area contributed by atoms with Crippen LogP contribution in [0, 0.1) is 5.92 Å². The number of amides is 2. The fraction of sp³-hybridized carbons (Fsp3) is 0.481. The molecule has 0 spiro atoms. The molecule has 2 aromatic carbocycles. The number of halogens is 3. The number of nitrogens with one attached hydrogen (secondary N) is 2. The zero-order valence-corrected chi connectivity index (χ0v) is 22.3. The van der Waals surface area contributed by atoms with Crippen molar-refractivity contribution in [1.29, 1.82) is 0 Å². The van der Waals surface area contributed by atoms with Gasteiger partial charge in [0, 0.05) is 37.8 Å². The summed E-state index contributed by atoms with van der Waals surface area (Å²) in [6, 6.07) is 12.5. The Morgan fingerprint density at radius 3 is 2.36 bits per heavy atom. The Hall–Kier alpha value is -2.96. The van der Waals surface area contributed by atoms with Gasteiger partial charge in [-0.1, -0.05) is 24.3 Å². The van der Waals surface area contributed by atoms with Gasteiger partial charge in [0.1, 0.15) is 0 Å². The molecule has 0 aromatic heterocycles. The molecule has 0 bridgehead atoms. The van der Waals surface area contributed by atoms with Gasteiger partial charge in [0.2, 0.25) is 15.9 Å². The molecule has 2 aliphatic rings. The Labute approximate surface area is 226 Å². The van der Waals surface area contributed by atoms with Crippen molar-refractivity contribution in [1.82, 2.24) is 19.8 Å². The number of benzene rings is 2. The van der Waals surface area contributed by atoms with Crippen molar-refractivity contribution in [2.45, 2.75) is 42.8 Å². The van der Waals surface area contributed by atoms with E-state index in [-0.39, 0.29) is 18.2 Å². The molecule has 2 heterocycles. The van der Waals surface area contributed by atoms with Gasteiger partial charge >= 0.3 is 6.18 Å². The normalized spacial score (nSPS) is 19.6. The minimum atomic E-state index is -4.55. The first-order valence-corrected chi connectivity index (χ1v) is 14.5. The number of carbonyl (C=O) groups excluding carboxylic acids is 2. The Bertz CT molecular complexity index is 1250. The molecule has 0 unspecified atom stereocenters. The first kappa shape index (κ1) is 29.0. The maximum absolute atomic E-state index is 12.9. The average Bonchev–Trinajstić information content (AvgIpc) is 3.38. The van der Waals surface area contributed by atoms with Gasteiger partial charge in [0.05, 0.1) is 17.0 Å². The lowest BCUT2D eigenvalue weighted by atomic mass is 9.94. The largest absolute Gasteiger partial charge is 0.416 e. The Morgan fingerprint density at radius 2 is 1.67 bits per heavy atom. The number of nitrogens with zero attached hydrogens (tertiary/aromatic N) is 2. The van der Waals surface area contributed by atoms with Gasteiger partial charge in [-0.25, -0.2) is 8.42 Å². The number of carbonyl (C=O) groups is 2. The van der Waals surface area contributed by atoms with Crippen molar-refractivity contribution in [3.05, 3.63) is 65.7 Å². The van der Waals surface area contributed by atoms with Crippen LogP contribution in [-0.4, -0.2) is 74.7 Å². The minimum absolute atomic E-state index is 0.0687. The predicted molar refractivity (Wildman–Crippen MR) is 139 cm³/mol. The van der Waals surface area contributed by atoms with Crippen molar-refractivity contribution in [2.24, 2.45) is 5.92 Å². The van der Waals surface area contributed by atoms with E-state index >= 15 is 0 Å². The molecule has 212 valence electrons. The van der Waals surface area contributed by atoms with E-state index in [1.807, 2.05) is 0 Å². The Balaban J connectivity index is 1.14. The third kappa shape index (κ3) is 7.80. The molecule has 1 atom stereocenters. The summed E-state index contributed by atoms with van der Waals surface area (Å²) in [4.78, 5) is 27.1.